The van der Waals surface area contributed by atoms with E-state index in [0.717, 1.165) is 36.4 Å². The number of alkyl halides is 3. The fourth-order valence-corrected chi connectivity index (χ4v) is 1.62. The maximum absolute atomic E-state index is 13.1. The molecule has 2 aromatic rings. The van der Waals surface area contributed by atoms with Crippen LogP contribution in [0.5, 0.6) is 11.5 Å². The Morgan fingerprint density at radius 1 is 0.900 bits per heavy atom. The molecule has 0 aliphatic rings. The quantitative estimate of drug-likeness (QED) is 0.838. The topological polar surface area (TPSA) is 29.5 Å². The molecule has 0 heterocycles. The van der Waals surface area contributed by atoms with Gasteiger partial charge in [-0.15, -0.1) is 13.2 Å². The van der Waals surface area contributed by atoms with Crippen LogP contribution in [0, 0.1) is 11.6 Å². The number of rotatable bonds is 2. The summed E-state index contributed by atoms with van der Waals surface area (Å²) >= 11 is 0. The maximum Gasteiger partial charge on any atom is 0.573 e. The second kappa shape index (κ2) is 4.99. The van der Waals surface area contributed by atoms with Crippen molar-refractivity contribution in [3.05, 3.63) is 48.0 Å². The van der Waals surface area contributed by atoms with Crippen LogP contribution in [0.15, 0.2) is 36.4 Å². The van der Waals surface area contributed by atoms with Crippen molar-refractivity contribution in [2.75, 3.05) is 0 Å². The van der Waals surface area contributed by atoms with Crippen molar-refractivity contribution in [3.63, 3.8) is 0 Å². The highest BCUT2D eigenvalue weighted by molar-refractivity contribution is 5.71. The molecular weight excluding hydrogens is 283 g/mol. The summed E-state index contributed by atoms with van der Waals surface area (Å²) in [7, 11) is 0. The zero-order valence-corrected chi connectivity index (χ0v) is 9.71. The lowest BCUT2D eigenvalue weighted by Gasteiger charge is -2.14. The highest BCUT2D eigenvalue weighted by atomic mass is 19.4. The van der Waals surface area contributed by atoms with Gasteiger partial charge in [0, 0.05) is 11.6 Å². The Kier molecular flexibility index (Phi) is 3.52. The second-order valence-electron chi connectivity index (χ2n) is 3.86. The summed E-state index contributed by atoms with van der Waals surface area (Å²) in [5.74, 6) is -3.47. The van der Waals surface area contributed by atoms with Crippen LogP contribution in [0.1, 0.15) is 0 Å². The molecule has 7 heteroatoms. The molecule has 0 fully saturated rings. The van der Waals surface area contributed by atoms with Crippen LogP contribution < -0.4 is 4.74 Å². The second-order valence-corrected chi connectivity index (χ2v) is 3.86. The van der Waals surface area contributed by atoms with E-state index in [2.05, 4.69) is 4.74 Å². The summed E-state index contributed by atoms with van der Waals surface area (Å²) < 4.78 is 66.5. The SMILES string of the molecule is Oc1ccc(-c2ccc(F)c(F)c2)c(OC(F)(F)F)c1. The first-order chi connectivity index (χ1) is 9.26. The van der Waals surface area contributed by atoms with Gasteiger partial charge in [0.2, 0.25) is 0 Å². The normalized spacial score (nSPS) is 11.4. The molecule has 0 amide bonds. The Balaban J connectivity index is 2.52. The highest BCUT2D eigenvalue weighted by Crippen LogP contribution is 2.36. The number of halogens is 5. The van der Waals surface area contributed by atoms with E-state index in [4.69, 9.17) is 0 Å². The Bertz CT molecular complexity index is 637. The summed E-state index contributed by atoms with van der Waals surface area (Å²) in [6.45, 7) is 0. The molecule has 0 bridgehead atoms. The Labute approximate surface area is 110 Å². The van der Waals surface area contributed by atoms with Gasteiger partial charge < -0.3 is 9.84 Å². The molecule has 0 radical (unpaired) electrons. The van der Waals surface area contributed by atoms with Crippen LogP contribution in [0.2, 0.25) is 0 Å². The van der Waals surface area contributed by atoms with E-state index in [9.17, 15) is 27.1 Å². The van der Waals surface area contributed by atoms with E-state index >= 15 is 0 Å². The summed E-state index contributed by atoms with van der Waals surface area (Å²) in [6.07, 6.45) is -4.97. The van der Waals surface area contributed by atoms with Gasteiger partial charge in [-0.25, -0.2) is 8.78 Å². The smallest absolute Gasteiger partial charge is 0.508 e. The first-order valence-corrected chi connectivity index (χ1v) is 5.30. The third kappa shape index (κ3) is 3.17. The largest absolute Gasteiger partial charge is 0.573 e. The molecule has 106 valence electrons. The molecule has 2 rings (SSSR count). The zero-order valence-electron chi connectivity index (χ0n) is 9.71. The van der Waals surface area contributed by atoms with Gasteiger partial charge in [0.05, 0.1) is 0 Å². The predicted octanol–water partition coefficient (Wildman–Crippen LogP) is 4.24. The monoisotopic (exact) mass is 290 g/mol. The minimum Gasteiger partial charge on any atom is -0.508 e. The van der Waals surface area contributed by atoms with Gasteiger partial charge in [-0.3, -0.25) is 0 Å². The summed E-state index contributed by atoms with van der Waals surface area (Å²) in [4.78, 5) is 0. The van der Waals surface area contributed by atoms with Crippen molar-refractivity contribution in [1.82, 2.24) is 0 Å². The van der Waals surface area contributed by atoms with Gasteiger partial charge in [-0.2, -0.15) is 0 Å². The summed E-state index contributed by atoms with van der Waals surface area (Å²) in [6, 6.07) is 5.60. The van der Waals surface area contributed by atoms with E-state index in [0.29, 0.717) is 0 Å². The molecule has 0 saturated heterocycles. The van der Waals surface area contributed by atoms with E-state index in [1.54, 1.807) is 0 Å². The molecule has 2 nitrogen and oxygen atoms in total. The number of hydrogen-bond acceptors (Lipinski definition) is 2. The van der Waals surface area contributed by atoms with Crippen molar-refractivity contribution < 1.29 is 31.8 Å². The predicted molar refractivity (Wildman–Crippen MR) is 60.1 cm³/mol. The van der Waals surface area contributed by atoms with Crippen LogP contribution in [-0.2, 0) is 0 Å². The lowest BCUT2D eigenvalue weighted by molar-refractivity contribution is -0.274. The van der Waals surface area contributed by atoms with E-state index in [1.807, 2.05) is 0 Å². The van der Waals surface area contributed by atoms with E-state index in [-0.39, 0.29) is 11.1 Å². The molecule has 0 unspecified atom stereocenters. The molecule has 2 aromatic carbocycles. The van der Waals surface area contributed by atoms with E-state index < -0.39 is 29.5 Å². The first-order valence-electron chi connectivity index (χ1n) is 5.30. The minimum atomic E-state index is -4.97. The molecule has 1 N–H and O–H groups in total. The lowest BCUT2D eigenvalue weighted by atomic mass is 10.0. The molecule has 0 aromatic heterocycles. The van der Waals surface area contributed by atoms with Gasteiger partial charge in [0.25, 0.3) is 0 Å². The first kappa shape index (κ1) is 14.1. The standard InChI is InChI=1S/C13H7F5O2/c14-10-4-1-7(5-11(10)15)9-3-2-8(19)6-12(9)20-13(16,17)18/h1-6,19H. The summed E-state index contributed by atoms with van der Waals surface area (Å²) in [5.41, 5.74) is -0.137. The van der Waals surface area contributed by atoms with Crippen molar-refractivity contribution >= 4 is 0 Å². The molecule has 0 aliphatic carbocycles. The molecular formula is C13H7F5O2. The Hall–Kier alpha value is -2.31. The number of benzene rings is 2. The molecule has 0 spiro atoms. The van der Waals surface area contributed by atoms with Gasteiger partial charge in [-0.05, 0) is 29.8 Å². The van der Waals surface area contributed by atoms with Gasteiger partial charge in [0.1, 0.15) is 11.5 Å². The average Bonchev–Trinajstić information content (AvgIpc) is 2.31. The van der Waals surface area contributed by atoms with Crippen molar-refractivity contribution in [1.29, 1.82) is 0 Å². The number of aromatic hydroxyl groups is 1. The van der Waals surface area contributed by atoms with Crippen molar-refractivity contribution in [3.8, 4) is 22.6 Å². The van der Waals surface area contributed by atoms with Gasteiger partial charge >= 0.3 is 6.36 Å². The van der Waals surface area contributed by atoms with Crippen LogP contribution >= 0.6 is 0 Å². The Morgan fingerprint density at radius 2 is 1.60 bits per heavy atom. The fraction of sp³-hybridized carbons (Fsp3) is 0.0769. The number of hydrogen-bond donors (Lipinski definition) is 1. The van der Waals surface area contributed by atoms with E-state index in [1.165, 1.54) is 0 Å². The number of phenols is 1. The van der Waals surface area contributed by atoms with Gasteiger partial charge in [-0.1, -0.05) is 6.07 Å². The van der Waals surface area contributed by atoms with Gasteiger partial charge in [0.15, 0.2) is 11.6 Å². The molecule has 0 saturated carbocycles. The molecule has 0 atom stereocenters. The van der Waals surface area contributed by atoms with Crippen LogP contribution in [0.4, 0.5) is 22.0 Å². The minimum absolute atomic E-state index is 0.0110. The molecule has 0 aliphatic heterocycles. The van der Waals surface area contributed by atoms with Crippen molar-refractivity contribution in [2.45, 2.75) is 6.36 Å². The average molecular weight is 290 g/mol. The zero-order chi connectivity index (χ0) is 14.9. The number of phenolic OH excluding ortho intramolecular Hbond substituents is 1. The third-order valence-electron chi connectivity index (χ3n) is 2.42. The summed E-state index contributed by atoms with van der Waals surface area (Å²) in [5, 5.41) is 9.20. The van der Waals surface area contributed by atoms with Crippen LogP contribution in [0.3, 0.4) is 0 Å². The number of ether oxygens (including phenoxy) is 1. The van der Waals surface area contributed by atoms with Crippen molar-refractivity contribution in [2.24, 2.45) is 0 Å². The highest BCUT2D eigenvalue weighted by Gasteiger charge is 2.32. The molecule has 20 heavy (non-hydrogen) atoms. The third-order valence-corrected chi connectivity index (χ3v) is 2.42. The van der Waals surface area contributed by atoms with Crippen LogP contribution in [-0.4, -0.2) is 11.5 Å². The Morgan fingerprint density at radius 3 is 2.20 bits per heavy atom. The lowest BCUT2D eigenvalue weighted by Crippen LogP contribution is -2.17. The fourth-order valence-electron chi connectivity index (χ4n) is 1.62. The van der Waals surface area contributed by atoms with Crippen LogP contribution in [0.25, 0.3) is 11.1 Å². The maximum atomic E-state index is 13.1.